The lowest BCUT2D eigenvalue weighted by atomic mass is 9.96. The average Bonchev–Trinajstić information content (AvgIpc) is 2.44. The summed E-state index contributed by atoms with van der Waals surface area (Å²) in [5.41, 5.74) is 0. The van der Waals surface area contributed by atoms with E-state index in [1.165, 1.54) is 6.92 Å². The van der Waals surface area contributed by atoms with E-state index in [1.807, 2.05) is 0 Å². The van der Waals surface area contributed by atoms with Gasteiger partial charge in [-0.05, 0) is 6.92 Å². The predicted octanol–water partition coefficient (Wildman–Crippen LogP) is 0.205. The van der Waals surface area contributed by atoms with Gasteiger partial charge in [-0.25, -0.2) is 0 Å². The zero-order valence-corrected chi connectivity index (χ0v) is 14.3. The second kappa shape index (κ2) is 8.34. The lowest BCUT2D eigenvalue weighted by molar-refractivity contribution is -0.270. The van der Waals surface area contributed by atoms with Crippen LogP contribution in [0.2, 0.25) is 0 Å². The number of nitrogens with one attached hydrogen (secondary N) is 1. The quantitative estimate of drug-likeness (QED) is 0.539. The molecule has 0 bridgehead atoms. The van der Waals surface area contributed by atoms with E-state index in [2.05, 4.69) is 0 Å². The van der Waals surface area contributed by atoms with Crippen molar-refractivity contribution in [2.75, 3.05) is 0 Å². The summed E-state index contributed by atoms with van der Waals surface area (Å²) in [6, 6.07) is -1.68. The smallest absolute Gasteiger partial charge is 0.457 e. The fourth-order valence-corrected chi connectivity index (χ4v) is 2.35. The Hall–Kier alpha value is -2.37. The zero-order valence-electron chi connectivity index (χ0n) is 14.3. The largest absolute Gasteiger partial charge is 0.471 e. The van der Waals surface area contributed by atoms with Crippen molar-refractivity contribution in [2.45, 2.75) is 64.5 Å². The van der Waals surface area contributed by atoms with Gasteiger partial charge in [0.15, 0.2) is 12.2 Å². The molecular weight excluding hydrogens is 367 g/mol. The summed E-state index contributed by atoms with van der Waals surface area (Å²) in [5.74, 6) is -5.04. The van der Waals surface area contributed by atoms with Crippen LogP contribution >= 0.6 is 0 Å². The molecule has 0 aromatic carbocycles. The van der Waals surface area contributed by atoms with Gasteiger partial charge in [0.05, 0.1) is 6.10 Å². The number of alkyl halides is 3. The summed E-state index contributed by atoms with van der Waals surface area (Å²) in [6.07, 6.45) is -11.1. The molecule has 1 fully saturated rings. The van der Waals surface area contributed by atoms with Crippen LogP contribution in [-0.2, 0) is 38.1 Å². The predicted molar refractivity (Wildman–Crippen MR) is 75.2 cm³/mol. The molecule has 1 amide bonds. The molecule has 1 N–H and O–H groups in total. The highest BCUT2D eigenvalue weighted by Gasteiger charge is 2.52. The normalized spacial score (nSPS) is 28.7. The van der Waals surface area contributed by atoms with Gasteiger partial charge in [-0.2, -0.15) is 13.2 Å². The van der Waals surface area contributed by atoms with Crippen LogP contribution in [0.1, 0.15) is 27.7 Å². The number of ether oxygens (including phenoxy) is 4. The molecule has 0 aliphatic carbocycles. The number of esters is 3. The Labute approximate surface area is 146 Å². The molecule has 1 aliphatic rings. The molecule has 12 heteroatoms. The summed E-state index contributed by atoms with van der Waals surface area (Å²) in [5, 5.41) is 1.61. The van der Waals surface area contributed by atoms with Crippen LogP contribution in [0.25, 0.3) is 0 Å². The molecule has 1 rings (SSSR count). The van der Waals surface area contributed by atoms with Crippen LogP contribution in [-0.4, -0.2) is 60.6 Å². The molecule has 0 aromatic heterocycles. The summed E-state index contributed by atoms with van der Waals surface area (Å²) in [4.78, 5) is 45.2. The van der Waals surface area contributed by atoms with Crippen LogP contribution in [0.3, 0.4) is 0 Å². The van der Waals surface area contributed by atoms with Crippen LogP contribution in [0.4, 0.5) is 13.2 Å². The first-order valence-electron chi connectivity index (χ1n) is 7.37. The van der Waals surface area contributed by atoms with Gasteiger partial charge in [-0.3, -0.25) is 19.2 Å². The van der Waals surface area contributed by atoms with E-state index < -0.39 is 60.6 Å². The minimum Gasteiger partial charge on any atom is -0.457 e. The number of carbonyl (C=O) groups excluding carboxylic acids is 4. The first kappa shape index (κ1) is 21.7. The maximum absolute atomic E-state index is 12.6. The van der Waals surface area contributed by atoms with Gasteiger partial charge < -0.3 is 24.3 Å². The molecule has 0 aromatic rings. The Kier molecular flexibility index (Phi) is 6.95. The van der Waals surface area contributed by atoms with Gasteiger partial charge >= 0.3 is 30.0 Å². The second-order valence-corrected chi connectivity index (χ2v) is 5.46. The molecule has 1 heterocycles. The summed E-state index contributed by atoms with van der Waals surface area (Å²) in [7, 11) is 0. The maximum Gasteiger partial charge on any atom is 0.471 e. The van der Waals surface area contributed by atoms with Crippen molar-refractivity contribution in [2.24, 2.45) is 0 Å². The van der Waals surface area contributed by atoms with E-state index in [-0.39, 0.29) is 0 Å². The number of rotatable bonds is 4. The van der Waals surface area contributed by atoms with Crippen molar-refractivity contribution in [1.82, 2.24) is 5.32 Å². The number of amides is 1. The average molecular weight is 385 g/mol. The highest BCUT2D eigenvalue weighted by atomic mass is 19.4. The van der Waals surface area contributed by atoms with E-state index in [1.54, 1.807) is 5.32 Å². The molecule has 0 spiro atoms. The fourth-order valence-electron chi connectivity index (χ4n) is 2.35. The van der Waals surface area contributed by atoms with Crippen LogP contribution in [0.5, 0.6) is 0 Å². The van der Waals surface area contributed by atoms with Gasteiger partial charge in [-0.1, -0.05) is 0 Å². The van der Waals surface area contributed by atoms with Gasteiger partial charge in [0.2, 0.25) is 6.29 Å². The lowest BCUT2D eigenvalue weighted by Gasteiger charge is -2.43. The van der Waals surface area contributed by atoms with Crippen LogP contribution in [0.15, 0.2) is 0 Å². The summed E-state index contributed by atoms with van der Waals surface area (Å²) >= 11 is 0. The van der Waals surface area contributed by atoms with Crippen molar-refractivity contribution < 1.29 is 51.3 Å². The number of carbonyl (C=O) groups is 4. The molecule has 9 nitrogen and oxygen atoms in total. The van der Waals surface area contributed by atoms with Gasteiger partial charge in [0.1, 0.15) is 6.04 Å². The Bertz CT molecular complexity index is 579. The molecule has 0 unspecified atom stereocenters. The van der Waals surface area contributed by atoms with E-state index in [9.17, 15) is 32.3 Å². The van der Waals surface area contributed by atoms with Crippen molar-refractivity contribution in [3.8, 4) is 0 Å². The minimum atomic E-state index is -5.25. The Balaban J connectivity index is 3.26. The summed E-state index contributed by atoms with van der Waals surface area (Å²) in [6.45, 7) is 4.27. The third kappa shape index (κ3) is 5.86. The molecular formula is C14H18F3NO8. The van der Waals surface area contributed by atoms with E-state index in [0.717, 1.165) is 20.8 Å². The minimum absolute atomic E-state index is 0.869. The highest BCUT2D eigenvalue weighted by Crippen LogP contribution is 2.28. The number of hydrogen-bond acceptors (Lipinski definition) is 8. The molecule has 1 saturated heterocycles. The molecule has 1 aliphatic heterocycles. The Morgan fingerprint density at radius 3 is 1.77 bits per heavy atom. The standard InChI is InChI=1S/C14H18F3NO8/c1-5-10(24-6(2)19)9(18-13(22)14(15,16)17)11(25-7(3)20)12(23-5)26-8(4)21/h5,9-12H,1-4H3,(H,18,22)/t5-,9+,10+,11+,12+/m0/s1. The number of hydrogen-bond donors (Lipinski definition) is 1. The van der Waals surface area contributed by atoms with E-state index in [0.29, 0.717) is 0 Å². The lowest BCUT2D eigenvalue weighted by Crippen LogP contribution is -2.66. The van der Waals surface area contributed by atoms with E-state index in [4.69, 9.17) is 18.9 Å². The number of halogens is 3. The molecule has 0 radical (unpaired) electrons. The molecule has 5 atom stereocenters. The Morgan fingerprint density at radius 2 is 1.35 bits per heavy atom. The van der Waals surface area contributed by atoms with Gasteiger partial charge in [-0.15, -0.1) is 0 Å². The molecule has 0 saturated carbocycles. The van der Waals surface area contributed by atoms with Gasteiger partial charge in [0, 0.05) is 20.8 Å². The van der Waals surface area contributed by atoms with Crippen molar-refractivity contribution in [3.05, 3.63) is 0 Å². The summed E-state index contributed by atoms with van der Waals surface area (Å²) < 4.78 is 57.8. The zero-order chi connectivity index (χ0) is 20.2. The third-order valence-corrected chi connectivity index (χ3v) is 3.23. The first-order valence-corrected chi connectivity index (χ1v) is 7.37. The monoisotopic (exact) mass is 385 g/mol. The third-order valence-electron chi connectivity index (χ3n) is 3.23. The van der Waals surface area contributed by atoms with Gasteiger partial charge in [0.25, 0.3) is 0 Å². The van der Waals surface area contributed by atoms with Crippen molar-refractivity contribution >= 4 is 23.8 Å². The van der Waals surface area contributed by atoms with Crippen molar-refractivity contribution in [3.63, 3.8) is 0 Å². The SMILES string of the molecule is CC(=O)O[C@H]1O[C@@H](C)[C@@H](OC(C)=O)[C@@H](NC(=O)C(F)(F)F)[C@H]1OC(C)=O. The van der Waals surface area contributed by atoms with Crippen molar-refractivity contribution in [1.29, 1.82) is 0 Å². The topological polar surface area (TPSA) is 117 Å². The maximum atomic E-state index is 12.6. The molecule has 26 heavy (non-hydrogen) atoms. The van der Waals surface area contributed by atoms with Crippen LogP contribution < -0.4 is 5.32 Å². The first-order chi connectivity index (χ1) is 11.8. The Morgan fingerprint density at radius 1 is 0.885 bits per heavy atom. The fraction of sp³-hybridized carbons (Fsp3) is 0.714. The van der Waals surface area contributed by atoms with Crippen LogP contribution in [0, 0.1) is 0 Å². The highest BCUT2D eigenvalue weighted by molar-refractivity contribution is 5.82. The van der Waals surface area contributed by atoms with E-state index >= 15 is 0 Å². The molecule has 148 valence electrons. The second-order valence-electron chi connectivity index (χ2n) is 5.46.